The molecule has 29 heavy (non-hydrogen) atoms. The molecule has 154 valence electrons. The number of aliphatic hydroxyl groups is 1. The van der Waals surface area contributed by atoms with Crippen LogP contribution in [0.25, 0.3) is 0 Å². The van der Waals surface area contributed by atoms with E-state index in [0.29, 0.717) is 41.3 Å². The minimum absolute atomic E-state index is 0.0935. The number of hydrogen-bond donors (Lipinski definition) is 3. The number of ether oxygens (including phenoxy) is 1. The summed E-state index contributed by atoms with van der Waals surface area (Å²) < 4.78 is 47.2. The van der Waals surface area contributed by atoms with Crippen molar-refractivity contribution in [3.8, 4) is 5.75 Å². The monoisotopic (exact) mass is 406 g/mol. The van der Waals surface area contributed by atoms with Crippen molar-refractivity contribution < 1.29 is 27.8 Å². The van der Waals surface area contributed by atoms with Crippen LogP contribution in [0.2, 0.25) is 0 Å². The highest BCUT2D eigenvalue weighted by Crippen LogP contribution is 2.43. The van der Waals surface area contributed by atoms with Gasteiger partial charge in [-0.1, -0.05) is 24.3 Å². The number of anilines is 2. The molecular weight excluding hydrogens is 385 g/mol. The van der Waals surface area contributed by atoms with Gasteiger partial charge in [0.15, 0.2) is 5.60 Å². The summed E-state index contributed by atoms with van der Waals surface area (Å²) in [6.45, 7) is -0.399. The Kier molecular flexibility index (Phi) is 4.90. The second kappa shape index (κ2) is 7.26. The number of benzene rings is 2. The Morgan fingerprint density at radius 3 is 2.76 bits per heavy atom. The molecule has 3 N–H and O–H groups in total. The van der Waals surface area contributed by atoms with Crippen molar-refractivity contribution in [3.05, 3.63) is 53.6 Å². The molecule has 0 spiro atoms. The Hall–Kier alpha value is -2.74. The molecule has 2 unspecified atom stereocenters. The molecule has 4 rings (SSSR count). The Bertz CT molecular complexity index is 932. The first-order chi connectivity index (χ1) is 13.8. The minimum Gasteiger partial charge on any atom is -0.493 e. The number of alkyl halides is 3. The fourth-order valence-electron chi connectivity index (χ4n) is 3.98. The molecule has 0 radical (unpaired) electrons. The minimum atomic E-state index is -4.82. The van der Waals surface area contributed by atoms with E-state index in [1.165, 1.54) is 0 Å². The summed E-state index contributed by atoms with van der Waals surface area (Å²) in [4.78, 5) is 11.6. The Balaban J connectivity index is 1.56. The maximum Gasteiger partial charge on any atom is 0.418 e. The molecule has 0 saturated carbocycles. The topological polar surface area (TPSA) is 70.6 Å². The van der Waals surface area contributed by atoms with Gasteiger partial charge in [-0.25, -0.2) is 0 Å². The maximum absolute atomic E-state index is 13.9. The van der Waals surface area contributed by atoms with Crippen molar-refractivity contribution in [2.75, 3.05) is 23.8 Å². The van der Waals surface area contributed by atoms with Gasteiger partial charge in [-0.05, 0) is 42.5 Å². The Labute approximate surface area is 165 Å². The highest BCUT2D eigenvalue weighted by Gasteiger charge is 2.54. The number of carbonyl (C=O) groups is 1. The number of fused-ring (bicyclic) bond motifs is 2. The van der Waals surface area contributed by atoms with E-state index in [2.05, 4.69) is 10.6 Å². The molecule has 0 aromatic heterocycles. The fourth-order valence-corrected chi connectivity index (χ4v) is 3.98. The van der Waals surface area contributed by atoms with Crippen LogP contribution in [0.15, 0.2) is 42.5 Å². The van der Waals surface area contributed by atoms with Crippen LogP contribution >= 0.6 is 0 Å². The third-order valence-corrected chi connectivity index (χ3v) is 5.55. The number of carbonyl (C=O) groups excluding carboxylic acids is 1. The van der Waals surface area contributed by atoms with Crippen LogP contribution in [0.4, 0.5) is 24.5 Å². The lowest BCUT2D eigenvalue weighted by Crippen LogP contribution is -2.51. The van der Waals surface area contributed by atoms with Crippen molar-refractivity contribution in [1.82, 2.24) is 0 Å². The summed E-state index contributed by atoms with van der Waals surface area (Å²) in [6, 6.07) is 11.9. The third kappa shape index (κ3) is 3.76. The molecular formula is C21H21F3N2O3. The molecule has 8 heteroatoms. The highest BCUT2D eigenvalue weighted by molar-refractivity contribution is 6.01. The molecule has 0 aliphatic carbocycles. The van der Waals surface area contributed by atoms with E-state index in [9.17, 15) is 23.1 Å². The van der Waals surface area contributed by atoms with E-state index in [4.69, 9.17) is 4.74 Å². The third-order valence-electron chi connectivity index (χ3n) is 5.55. The van der Waals surface area contributed by atoms with Crippen LogP contribution < -0.4 is 15.4 Å². The van der Waals surface area contributed by atoms with Crippen molar-refractivity contribution in [2.45, 2.75) is 37.0 Å². The SMILES string of the molecule is O=C1Cc2c(NCC(O)(CC3CCOc4ccccc43)C(F)(F)F)cccc2N1. The smallest absolute Gasteiger partial charge is 0.418 e. The fraction of sp³-hybridized carbons (Fsp3) is 0.381. The molecule has 1 amide bonds. The number of hydrogen-bond acceptors (Lipinski definition) is 4. The summed E-state index contributed by atoms with van der Waals surface area (Å²) >= 11 is 0. The van der Waals surface area contributed by atoms with Crippen LogP contribution in [0.1, 0.15) is 29.9 Å². The largest absolute Gasteiger partial charge is 0.493 e. The molecule has 2 atom stereocenters. The van der Waals surface area contributed by atoms with Gasteiger partial charge in [0.25, 0.3) is 0 Å². The summed E-state index contributed by atoms with van der Waals surface area (Å²) in [6.07, 6.45) is -4.81. The van der Waals surface area contributed by atoms with E-state index in [-0.39, 0.29) is 12.3 Å². The van der Waals surface area contributed by atoms with Gasteiger partial charge in [-0.3, -0.25) is 4.79 Å². The van der Waals surface area contributed by atoms with Crippen LogP contribution in [0.3, 0.4) is 0 Å². The quantitative estimate of drug-likeness (QED) is 0.706. The van der Waals surface area contributed by atoms with Gasteiger partial charge in [0, 0.05) is 16.9 Å². The predicted molar refractivity (Wildman–Crippen MR) is 102 cm³/mol. The number of para-hydroxylation sites is 1. The number of rotatable bonds is 5. The maximum atomic E-state index is 13.9. The molecule has 0 bridgehead atoms. The van der Waals surface area contributed by atoms with E-state index < -0.39 is 30.7 Å². The predicted octanol–water partition coefficient (Wildman–Crippen LogP) is 3.84. The summed E-state index contributed by atoms with van der Waals surface area (Å²) in [5.41, 5.74) is -0.652. The first kappa shape index (κ1) is 19.6. The van der Waals surface area contributed by atoms with Crippen molar-refractivity contribution in [3.63, 3.8) is 0 Å². The van der Waals surface area contributed by atoms with Gasteiger partial charge in [-0.15, -0.1) is 0 Å². The molecule has 2 heterocycles. The first-order valence-electron chi connectivity index (χ1n) is 9.43. The molecule has 0 saturated heterocycles. The normalized spacial score (nSPS) is 20.1. The van der Waals surface area contributed by atoms with E-state index >= 15 is 0 Å². The molecule has 2 aliphatic rings. The van der Waals surface area contributed by atoms with Crippen LogP contribution in [0, 0.1) is 0 Å². The zero-order valence-corrected chi connectivity index (χ0v) is 15.6. The Morgan fingerprint density at radius 2 is 1.97 bits per heavy atom. The number of halogens is 3. The first-order valence-corrected chi connectivity index (χ1v) is 9.43. The molecule has 2 aromatic carbocycles. The highest BCUT2D eigenvalue weighted by atomic mass is 19.4. The van der Waals surface area contributed by atoms with E-state index in [1.807, 2.05) is 0 Å². The average Bonchev–Trinajstić information content (AvgIpc) is 3.06. The standard InChI is InChI=1S/C21H21F3N2O3/c22-21(23,24)20(28,11-13-8-9-29-18-7-2-1-4-14(13)18)12-25-16-5-3-6-17-15(16)10-19(27)26-17/h1-7,13,25,28H,8-12H2,(H,26,27). The lowest BCUT2D eigenvalue weighted by atomic mass is 9.82. The molecule has 0 fully saturated rings. The van der Waals surface area contributed by atoms with E-state index in [0.717, 1.165) is 0 Å². The van der Waals surface area contributed by atoms with Crippen LogP contribution in [0.5, 0.6) is 5.75 Å². The zero-order valence-electron chi connectivity index (χ0n) is 15.6. The van der Waals surface area contributed by atoms with Gasteiger partial charge in [0.2, 0.25) is 5.91 Å². The van der Waals surface area contributed by atoms with Gasteiger partial charge in [0.05, 0.1) is 19.6 Å². The number of amides is 1. The summed E-state index contributed by atoms with van der Waals surface area (Å²) in [7, 11) is 0. The number of nitrogens with one attached hydrogen (secondary N) is 2. The van der Waals surface area contributed by atoms with Gasteiger partial charge >= 0.3 is 6.18 Å². The van der Waals surface area contributed by atoms with Crippen molar-refractivity contribution in [1.29, 1.82) is 0 Å². The summed E-state index contributed by atoms with van der Waals surface area (Å²) in [5, 5.41) is 16.1. The van der Waals surface area contributed by atoms with Crippen molar-refractivity contribution in [2.24, 2.45) is 0 Å². The average molecular weight is 406 g/mol. The molecule has 2 aromatic rings. The van der Waals surface area contributed by atoms with Gasteiger partial charge < -0.3 is 20.5 Å². The lowest BCUT2D eigenvalue weighted by Gasteiger charge is -2.36. The summed E-state index contributed by atoms with van der Waals surface area (Å²) in [5.74, 6) is -0.121. The van der Waals surface area contributed by atoms with Crippen LogP contribution in [-0.2, 0) is 11.2 Å². The van der Waals surface area contributed by atoms with Gasteiger partial charge in [-0.2, -0.15) is 13.2 Å². The molecule has 5 nitrogen and oxygen atoms in total. The lowest BCUT2D eigenvalue weighted by molar-refractivity contribution is -0.258. The second-order valence-corrected chi connectivity index (χ2v) is 7.52. The van der Waals surface area contributed by atoms with E-state index in [1.54, 1.807) is 42.5 Å². The zero-order chi connectivity index (χ0) is 20.6. The van der Waals surface area contributed by atoms with Gasteiger partial charge in [0.1, 0.15) is 5.75 Å². The van der Waals surface area contributed by atoms with Crippen molar-refractivity contribution >= 4 is 17.3 Å². The molecule has 2 aliphatic heterocycles. The van der Waals surface area contributed by atoms with Crippen LogP contribution in [-0.4, -0.2) is 35.9 Å². The second-order valence-electron chi connectivity index (χ2n) is 7.52. The Morgan fingerprint density at radius 1 is 1.17 bits per heavy atom.